The fourth-order valence-electron chi connectivity index (χ4n) is 3.49. The van der Waals surface area contributed by atoms with Crippen molar-refractivity contribution in [3.63, 3.8) is 0 Å². The van der Waals surface area contributed by atoms with Crippen LogP contribution in [0.15, 0.2) is 61.1 Å². The number of rotatable bonds is 12. The van der Waals surface area contributed by atoms with E-state index in [-0.39, 0.29) is 12.5 Å². The van der Waals surface area contributed by atoms with E-state index in [1.807, 2.05) is 40.9 Å². The van der Waals surface area contributed by atoms with Crippen molar-refractivity contribution in [3.8, 4) is 17.0 Å². The molecular weight excluding hydrogens is 484 g/mol. The molecular formula is C25H27ClN6O4. The number of carbonyl (C=O) groups is 1. The third-order valence-electron chi connectivity index (χ3n) is 5.17. The number of aromatic nitrogens is 3. The lowest BCUT2D eigenvalue weighted by Crippen LogP contribution is -2.20. The summed E-state index contributed by atoms with van der Waals surface area (Å²) in [5, 5.41) is 6.60. The summed E-state index contributed by atoms with van der Waals surface area (Å²) in [7, 11) is 1.58. The maximum absolute atomic E-state index is 12.1. The number of fused-ring (bicyclic) bond motifs is 1. The fraction of sp³-hybridized carbons (Fsp3) is 0.240. The van der Waals surface area contributed by atoms with Gasteiger partial charge >= 0.3 is 0 Å². The first-order valence-electron chi connectivity index (χ1n) is 11.3. The van der Waals surface area contributed by atoms with Crippen molar-refractivity contribution in [1.29, 1.82) is 0 Å². The number of imidazole rings is 1. The third kappa shape index (κ3) is 6.29. The van der Waals surface area contributed by atoms with Crippen molar-refractivity contribution in [3.05, 3.63) is 66.1 Å². The highest BCUT2D eigenvalue weighted by atomic mass is 35.5. The second-order valence-corrected chi connectivity index (χ2v) is 8.07. The van der Waals surface area contributed by atoms with Crippen molar-refractivity contribution >= 4 is 40.3 Å². The van der Waals surface area contributed by atoms with Crippen LogP contribution in [0.5, 0.6) is 5.75 Å². The Hall–Kier alpha value is -3.70. The van der Waals surface area contributed by atoms with Gasteiger partial charge in [0.2, 0.25) is 5.91 Å². The molecule has 4 rings (SSSR count). The number of hydrogen-bond donors (Lipinski definition) is 3. The Morgan fingerprint density at radius 2 is 1.83 bits per heavy atom. The van der Waals surface area contributed by atoms with Crippen molar-refractivity contribution < 1.29 is 19.0 Å². The lowest BCUT2D eigenvalue weighted by molar-refractivity contribution is -0.121. The number of nitrogens with zero attached hydrogens (tertiary/aromatic N) is 3. The second-order valence-electron chi connectivity index (χ2n) is 7.67. The van der Waals surface area contributed by atoms with Crippen LogP contribution < -0.4 is 21.1 Å². The van der Waals surface area contributed by atoms with Gasteiger partial charge in [0.05, 0.1) is 43.8 Å². The summed E-state index contributed by atoms with van der Waals surface area (Å²) in [5.74, 6) is 0.952. The van der Waals surface area contributed by atoms with E-state index in [4.69, 9.17) is 31.5 Å². The zero-order valence-electron chi connectivity index (χ0n) is 19.7. The molecule has 188 valence electrons. The Bertz CT molecular complexity index is 1310. The number of benzene rings is 2. The molecule has 0 aliphatic carbocycles. The van der Waals surface area contributed by atoms with Gasteiger partial charge in [0.25, 0.3) is 0 Å². The zero-order chi connectivity index (χ0) is 25.3. The number of nitrogens with two attached hydrogens (primary N) is 1. The average molecular weight is 511 g/mol. The molecule has 2 aromatic heterocycles. The van der Waals surface area contributed by atoms with Gasteiger partial charge in [-0.15, -0.1) is 0 Å². The predicted molar refractivity (Wildman–Crippen MR) is 139 cm³/mol. The average Bonchev–Trinajstić information content (AvgIpc) is 3.32. The highest BCUT2D eigenvalue weighted by molar-refractivity contribution is 6.32. The molecule has 0 spiro atoms. The van der Waals surface area contributed by atoms with Gasteiger partial charge in [-0.3, -0.25) is 9.20 Å². The van der Waals surface area contributed by atoms with Crippen molar-refractivity contribution in [2.24, 2.45) is 5.73 Å². The standard InChI is InChI=1S/C25H27ClN6O4/c1-34-22-7-2-17(14-20(22)26)21-15-29-25-24(28-9-10-32(21)25)31-19-5-3-18(4-6-19)30-23(33)16-36-13-12-35-11-8-27/h2-7,9-10,14-15H,8,11-13,16,27H2,1H3,(H,28,31)(H,30,33). The molecule has 0 saturated carbocycles. The molecule has 1 amide bonds. The first-order chi connectivity index (χ1) is 17.6. The maximum Gasteiger partial charge on any atom is 0.250 e. The van der Waals surface area contributed by atoms with Gasteiger partial charge in [-0.1, -0.05) is 11.6 Å². The molecule has 0 fully saturated rings. The van der Waals surface area contributed by atoms with Crippen LogP contribution in [0.3, 0.4) is 0 Å². The normalized spacial score (nSPS) is 11.0. The Labute approximate surface area is 213 Å². The Balaban J connectivity index is 1.39. The summed E-state index contributed by atoms with van der Waals surface area (Å²) in [6, 6.07) is 12.9. The van der Waals surface area contributed by atoms with Gasteiger partial charge in [-0.25, -0.2) is 9.97 Å². The summed E-state index contributed by atoms with van der Waals surface area (Å²) in [6.45, 7) is 1.60. The molecule has 4 aromatic rings. The number of carbonyl (C=O) groups excluding carboxylic acids is 1. The van der Waals surface area contributed by atoms with Crippen LogP contribution in [0.4, 0.5) is 17.2 Å². The number of anilines is 3. The predicted octanol–water partition coefficient (Wildman–Crippen LogP) is 3.73. The van der Waals surface area contributed by atoms with Gasteiger partial charge in [0.15, 0.2) is 11.5 Å². The van der Waals surface area contributed by atoms with Crippen molar-refractivity contribution in [2.45, 2.75) is 0 Å². The number of ether oxygens (including phenoxy) is 3. The minimum absolute atomic E-state index is 0.0560. The molecule has 10 nitrogen and oxygen atoms in total. The maximum atomic E-state index is 12.1. The first-order valence-corrected chi connectivity index (χ1v) is 11.7. The van der Waals surface area contributed by atoms with Gasteiger partial charge in [0, 0.05) is 35.9 Å². The smallest absolute Gasteiger partial charge is 0.250 e. The molecule has 0 atom stereocenters. The van der Waals surface area contributed by atoms with E-state index in [0.717, 1.165) is 16.9 Å². The van der Waals surface area contributed by atoms with Crippen LogP contribution in [-0.2, 0) is 14.3 Å². The quantitative estimate of drug-likeness (QED) is 0.246. The molecule has 2 aromatic carbocycles. The van der Waals surface area contributed by atoms with Crippen molar-refractivity contribution in [2.75, 3.05) is 50.7 Å². The van der Waals surface area contributed by atoms with Crippen LogP contribution in [0.1, 0.15) is 0 Å². The number of nitrogens with one attached hydrogen (secondary N) is 2. The second kappa shape index (κ2) is 12.3. The van der Waals surface area contributed by atoms with E-state index in [9.17, 15) is 4.79 Å². The third-order valence-corrected chi connectivity index (χ3v) is 5.47. The minimum Gasteiger partial charge on any atom is -0.495 e. The van der Waals surface area contributed by atoms with Crippen LogP contribution in [0.25, 0.3) is 16.9 Å². The van der Waals surface area contributed by atoms with E-state index in [1.165, 1.54) is 0 Å². The number of amides is 1. The molecule has 0 aliphatic rings. The van der Waals surface area contributed by atoms with E-state index in [1.54, 1.807) is 31.6 Å². The van der Waals surface area contributed by atoms with Gasteiger partial charge in [-0.2, -0.15) is 0 Å². The van der Waals surface area contributed by atoms with Crippen LogP contribution in [0, 0.1) is 0 Å². The Morgan fingerprint density at radius 3 is 2.58 bits per heavy atom. The Morgan fingerprint density at radius 1 is 1.06 bits per heavy atom. The monoisotopic (exact) mass is 510 g/mol. The number of halogens is 1. The van der Waals surface area contributed by atoms with Crippen LogP contribution in [0.2, 0.25) is 5.02 Å². The highest BCUT2D eigenvalue weighted by Gasteiger charge is 2.12. The zero-order valence-corrected chi connectivity index (χ0v) is 20.5. The molecule has 0 radical (unpaired) electrons. The summed E-state index contributed by atoms with van der Waals surface area (Å²) >= 11 is 6.31. The SMILES string of the molecule is COc1ccc(-c2cnc3c(Nc4ccc(NC(=O)COCCOCCN)cc4)nccn23)cc1Cl. The Kier molecular flexibility index (Phi) is 8.69. The van der Waals surface area contributed by atoms with E-state index in [0.29, 0.717) is 54.3 Å². The van der Waals surface area contributed by atoms with Gasteiger partial charge in [0.1, 0.15) is 12.4 Å². The minimum atomic E-state index is -0.246. The molecule has 2 heterocycles. The summed E-state index contributed by atoms with van der Waals surface area (Å²) in [4.78, 5) is 21.0. The molecule has 0 bridgehead atoms. The lowest BCUT2D eigenvalue weighted by atomic mass is 10.1. The highest BCUT2D eigenvalue weighted by Crippen LogP contribution is 2.31. The van der Waals surface area contributed by atoms with Gasteiger partial charge in [-0.05, 0) is 42.5 Å². The lowest BCUT2D eigenvalue weighted by Gasteiger charge is -2.10. The van der Waals surface area contributed by atoms with Gasteiger partial charge < -0.3 is 30.6 Å². The van der Waals surface area contributed by atoms with Crippen LogP contribution >= 0.6 is 11.6 Å². The molecule has 0 aliphatic heterocycles. The van der Waals surface area contributed by atoms with Crippen molar-refractivity contribution in [1.82, 2.24) is 14.4 Å². The van der Waals surface area contributed by atoms with E-state index >= 15 is 0 Å². The molecule has 0 saturated heterocycles. The summed E-state index contributed by atoms with van der Waals surface area (Å²) in [5.41, 5.74) is 9.21. The fourth-order valence-corrected chi connectivity index (χ4v) is 3.74. The van der Waals surface area contributed by atoms with E-state index < -0.39 is 0 Å². The molecule has 4 N–H and O–H groups in total. The largest absolute Gasteiger partial charge is 0.495 e. The molecule has 11 heteroatoms. The number of hydrogen-bond acceptors (Lipinski definition) is 8. The summed E-state index contributed by atoms with van der Waals surface area (Å²) < 4.78 is 17.7. The first kappa shape index (κ1) is 25.4. The van der Waals surface area contributed by atoms with E-state index in [2.05, 4.69) is 20.6 Å². The molecule has 0 unspecified atom stereocenters. The van der Waals surface area contributed by atoms with Crippen LogP contribution in [-0.4, -0.2) is 60.4 Å². The topological polar surface area (TPSA) is 125 Å². The number of methoxy groups -OCH3 is 1. The molecule has 36 heavy (non-hydrogen) atoms. The summed E-state index contributed by atoms with van der Waals surface area (Å²) in [6.07, 6.45) is 5.30.